The van der Waals surface area contributed by atoms with Gasteiger partial charge < -0.3 is 4.57 Å². The van der Waals surface area contributed by atoms with Crippen molar-refractivity contribution in [3.63, 3.8) is 0 Å². The predicted octanol–water partition coefficient (Wildman–Crippen LogP) is 10.8. The smallest absolute Gasteiger partial charge is 0.140 e. The molecule has 1 heterocycles. The van der Waals surface area contributed by atoms with E-state index in [1.165, 1.54) is 33.4 Å². The van der Waals surface area contributed by atoms with Gasteiger partial charge in [-0.25, -0.2) is 4.98 Å². The van der Waals surface area contributed by atoms with E-state index in [1.54, 1.807) is 0 Å². The highest BCUT2D eigenvalue weighted by atomic mass is 15.1. The Hall–Kier alpha value is -6.50. The van der Waals surface area contributed by atoms with Crippen LogP contribution in [0.1, 0.15) is 27.8 Å². The van der Waals surface area contributed by atoms with Crippen LogP contribution in [0.2, 0.25) is 0 Å². The molecule has 0 unspecified atom stereocenters. The predicted molar refractivity (Wildman–Crippen MR) is 199 cm³/mol. The molecule has 230 valence electrons. The number of hydrogen-bond donors (Lipinski definition) is 0. The minimum atomic E-state index is -0.511. The van der Waals surface area contributed by atoms with Crippen molar-refractivity contribution in [3.05, 3.63) is 198 Å². The van der Waals surface area contributed by atoms with Crippen LogP contribution in [0.15, 0.2) is 170 Å². The maximum atomic E-state index is 9.86. The monoisotopic (exact) mass is 625 g/mol. The fraction of sp³-hybridized carbons (Fsp3) is 0.0435. The SMILES string of the molecule is Cn1c(-c2ccc(-c3cc4c(cc3-c3cccc(C#N)c3)-c3ccccc3C4(c3ccccc3)c3ccccc3)cc2)nc2ccccc21. The lowest BCUT2D eigenvalue weighted by molar-refractivity contribution is 0.769. The molecule has 9 rings (SSSR count). The van der Waals surface area contributed by atoms with Crippen LogP contribution >= 0.6 is 0 Å². The highest BCUT2D eigenvalue weighted by Gasteiger charge is 2.46. The molecule has 0 amide bonds. The summed E-state index contributed by atoms with van der Waals surface area (Å²) in [5, 5.41) is 9.86. The van der Waals surface area contributed by atoms with Crippen molar-refractivity contribution < 1.29 is 0 Å². The summed E-state index contributed by atoms with van der Waals surface area (Å²) in [5.74, 6) is 0.936. The summed E-state index contributed by atoms with van der Waals surface area (Å²) in [6.07, 6.45) is 0. The van der Waals surface area contributed by atoms with Crippen LogP contribution in [0.4, 0.5) is 0 Å². The van der Waals surface area contributed by atoms with Gasteiger partial charge in [0.2, 0.25) is 0 Å². The number of aromatic nitrogens is 2. The second-order valence-corrected chi connectivity index (χ2v) is 12.7. The molecule has 0 spiro atoms. The van der Waals surface area contributed by atoms with Crippen molar-refractivity contribution in [2.24, 2.45) is 7.05 Å². The fourth-order valence-corrected chi connectivity index (χ4v) is 7.92. The second kappa shape index (κ2) is 11.3. The second-order valence-electron chi connectivity index (χ2n) is 12.7. The topological polar surface area (TPSA) is 41.6 Å². The molecule has 3 heteroatoms. The van der Waals surface area contributed by atoms with Crippen LogP contribution in [0, 0.1) is 11.3 Å². The van der Waals surface area contributed by atoms with Gasteiger partial charge in [-0.05, 0) is 92.0 Å². The first-order valence-corrected chi connectivity index (χ1v) is 16.6. The highest BCUT2D eigenvalue weighted by molar-refractivity contribution is 5.95. The van der Waals surface area contributed by atoms with Crippen LogP contribution in [0.25, 0.3) is 55.8 Å². The normalized spacial score (nSPS) is 12.7. The molecule has 8 aromatic rings. The van der Waals surface area contributed by atoms with Gasteiger partial charge in [0.05, 0.1) is 28.1 Å². The first-order chi connectivity index (χ1) is 24.2. The van der Waals surface area contributed by atoms with E-state index in [-0.39, 0.29) is 0 Å². The first kappa shape index (κ1) is 28.7. The molecule has 49 heavy (non-hydrogen) atoms. The summed E-state index contributed by atoms with van der Waals surface area (Å²) < 4.78 is 2.16. The number of hydrogen-bond acceptors (Lipinski definition) is 2. The van der Waals surface area contributed by atoms with Crippen LogP contribution in [-0.4, -0.2) is 9.55 Å². The first-order valence-electron chi connectivity index (χ1n) is 16.6. The number of benzene rings is 7. The van der Waals surface area contributed by atoms with E-state index in [4.69, 9.17) is 4.98 Å². The summed E-state index contributed by atoms with van der Waals surface area (Å²) in [5.41, 5.74) is 15.1. The largest absolute Gasteiger partial charge is 0.327 e. The molecule has 1 aliphatic rings. The van der Waals surface area contributed by atoms with Crippen molar-refractivity contribution in [2.75, 3.05) is 0 Å². The third kappa shape index (κ3) is 4.39. The lowest BCUT2D eigenvalue weighted by Crippen LogP contribution is -2.28. The zero-order valence-electron chi connectivity index (χ0n) is 27.0. The molecule has 0 saturated heterocycles. The summed E-state index contributed by atoms with van der Waals surface area (Å²) >= 11 is 0. The molecule has 0 bridgehead atoms. The highest BCUT2D eigenvalue weighted by Crippen LogP contribution is 2.58. The molecule has 0 fully saturated rings. The lowest BCUT2D eigenvalue weighted by atomic mass is 9.67. The Balaban J connectivity index is 1.32. The molecule has 3 nitrogen and oxygen atoms in total. The van der Waals surface area contributed by atoms with Crippen molar-refractivity contribution in [3.8, 4) is 50.8 Å². The van der Waals surface area contributed by atoms with Gasteiger partial charge in [-0.15, -0.1) is 0 Å². The zero-order valence-corrected chi connectivity index (χ0v) is 27.0. The van der Waals surface area contributed by atoms with E-state index in [1.807, 2.05) is 24.3 Å². The number of nitriles is 1. The maximum Gasteiger partial charge on any atom is 0.140 e. The Bertz CT molecular complexity index is 2510. The average molecular weight is 626 g/mol. The number of nitrogens with zero attached hydrogens (tertiary/aromatic N) is 3. The van der Waals surface area contributed by atoms with Gasteiger partial charge in [-0.1, -0.05) is 133 Å². The minimum absolute atomic E-state index is 0.511. The summed E-state index contributed by atoms with van der Waals surface area (Å²) in [6.45, 7) is 0. The van der Waals surface area contributed by atoms with Gasteiger partial charge in [-0.3, -0.25) is 0 Å². The average Bonchev–Trinajstić information content (AvgIpc) is 3.67. The molecular weight excluding hydrogens is 595 g/mol. The minimum Gasteiger partial charge on any atom is -0.327 e. The maximum absolute atomic E-state index is 9.86. The molecule has 1 aliphatic carbocycles. The van der Waals surface area contributed by atoms with Gasteiger partial charge in [0.15, 0.2) is 0 Å². The number of imidazole rings is 1. The van der Waals surface area contributed by atoms with Crippen molar-refractivity contribution >= 4 is 11.0 Å². The summed E-state index contributed by atoms with van der Waals surface area (Å²) in [6, 6.07) is 62.7. The number of para-hydroxylation sites is 2. The van der Waals surface area contributed by atoms with Crippen LogP contribution in [0.3, 0.4) is 0 Å². The molecule has 0 N–H and O–H groups in total. The molecule has 0 aliphatic heterocycles. The van der Waals surface area contributed by atoms with Gasteiger partial charge in [0.1, 0.15) is 5.82 Å². The van der Waals surface area contributed by atoms with E-state index in [2.05, 4.69) is 163 Å². The van der Waals surface area contributed by atoms with Crippen LogP contribution in [0.5, 0.6) is 0 Å². The standard InChI is InChI=1S/C46H31N3/c1-49-44-22-11-10-21-43(44)48-45(49)33-25-23-32(24-26-33)39-29-42-40(28-38(39)34-14-12-13-31(27-34)30-47)37-19-8-9-20-41(37)46(42,35-15-4-2-5-16-35)36-17-6-3-7-18-36/h2-29H,1H3. The van der Waals surface area contributed by atoms with Crippen LogP contribution in [-0.2, 0) is 12.5 Å². The van der Waals surface area contributed by atoms with E-state index in [9.17, 15) is 5.26 Å². The number of fused-ring (bicyclic) bond motifs is 4. The Kier molecular flexibility index (Phi) is 6.64. The molecule has 7 aromatic carbocycles. The lowest BCUT2D eigenvalue weighted by Gasteiger charge is -2.34. The van der Waals surface area contributed by atoms with Gasteiger partial charge >= 0.3 is 0 Å². The quantitative estimate of drug-likeness (QED) is 0.191. The molecule has 1 aromatic heterocycles. The Labute approximate surface area is 286 Å². The van der Waals surface area contributed by atoms with Gasteiger partial charge in [0, 0.05) is 12.6 Å². The van der Waals surface area contributed by atoms with E-state index in [0.717, 1.165) is 44.7 Å². The zero-order chi connectivity index (χ0) is 33.0. The van der Waals surface area contributed by atoms with E-state index >= 15 is 0 Å². The Morgan fingerprint density at radius 3 is 1.86 bits per heavy atom. The van der Waals surface area contributed by atoms with E-state index in [0.29, 0.717) is 5.56 Å². The fourth-order valence-electron chi connectivity index (χ4n) is 7.92. The Morgan fingerprint density at radius 2 is 1.14 bits per heavy atom. The molecule has 0 radical (unpaired) electrons. The van der Waals surface area contributed by atoms with Gasteiger partial charge in [0.25, 0.3) is 0 Å². The van der Waals surface area contributed by atoms with Crippen LogP contribution < -0.4 is 0 Å². The number of rotatable bonds is 5. The van der Waals surface area contributed by atoms with Crippen molar-refractivity contribution in [1.29, 1.82) is 5.26 Å². The third-order valence-corrected chi connectivity index (χ3v) is 10.1. The Morgan fingerprint density at radius 1 is 0.510 bits per heavy atom. The molecule has 0 saturated carbocycles. The van der Waals surface area contributed by atoms with E-state index < -0.39 is 5.41 Å². The number of aryl methyl sites for hydroxylation is 1. The molecular formula is C46H31N3. The third-order valence-electron chi connectivity index (χ3n) is 10.1. The van der Waals surface area contributed by atoms with Gasteiger partial charge in [-0.2, -0.15) is 5.26 Å². The van der Waals surface area contributed by atoms with Crippen molar-refractivity contribution in [2.45, 2.75) is 5.41 Å². The van der Waals surface area contributed by atoms with Crippen molar-refractivity contribution in [1.82, 2.24) is 9.55 Å². The summed E-state index contributed by atoms with van der Waals surface area (Å²) in [4.78, 5) is 4.96. The molecule has 0 atom stereocenters. The summed E-state index contributed by atoms with van der Waals surface area (Å²) in [7, 11) is 2.07.